The third kappa shape index (κ3) is 1.58. The number of aromatic nitrogens is 2. The fourth-order valence-electron chi connectivity index (χ4n) is 1.78. The Balaban J connectivity index is 2.68. The van der Waals surface area contributed by atoms with Gasteiger partial charge in [-0.2, -0.15) is 5.10 Å². The molecule has 0 unspecified atom stereocenters. The van der Waals surface area contributed by atoms with Gasteiger partial charge in [0.05, 0.1) is 11.9 Å². The first-order chi connectivity index (χ1) is 7.61. The highest BCUT2D eigenvalue weighted by atomic mass is 16.4. The number of carbonyl (C=O) groups is 1. The molecule has 0 spiro atoms. The van der Waals surface area contributed by atoms with Crippen LogP contribution in [0.25, 0.3) is 5.69 Å². The molecule has 4 nitrogen and oxygen atoms in total. The minimum absolute atomic E-state index is 0.178. The number of rotatable bonds is 2. The van der Waals surface area contributed by atoms with Gasteiger partial charge >= 0.3 is 5.97 Å². The van der Waals surface area contributed by atoms with Crippen LogP contribution in [0.2, 0.25) is 0 Å². The van der Waals surface area contributed by atoms with E-state index in [-0.39, 0.29) is 5.69 Å². The first-order valence-electron chi connectivity index (χ1n) is 4.95. The lowest BCUT2D eigenvalue weighted by Gasteiger charge is -2.11. The van der Waals surface area contributed by atoms with Crippen molar-refractivity contribution in [1.82, 2.24) is 9.78 Å². The van der Waals surface area contributed by atoms with Gasteiger partial charge in [-0.1, -0.05) is 18.2 Å². The summed E-state index contributed by atoms with van der Waals surface area (Å²) in [4.78, 5) is 11.0. The smallest absolute Gasteiger partial charge is 0.354 e. The first kappa shape index (κ1) is 10.4. The Morgan fingerprint density at radius 2 is 1.88 bits per heavy atom. The predicted octanol–water partition coefficient (Wildman–Crippen LogP) is 2.19. The Morgan fingerprint density at radius 3 is 2.44 bits per heavy atom. The molecule has 0 fully saturated rings. The van der Waals surface area contributed by atoms with Crippen LogP contribution in [-0.2, 0) is 0 Å². The van der Waals surface area contributed by atoms with E-state index in [1.165, 1.54) is 16.9 Å². The van der Waals surface area contributed by atoms with Crippen molar-refractivity contribution >= 4 is 5.97 Å². The summed E-state index contributed by atoms with van der Waals surface area (Å²) < 4.78 is 1.47. The van der Waals surface area contributed by atoms with Gasteiger partial charge in [0, 0.05) is 0 Å². The summed E-state index contributed by atoms with van der Waals surface area (Å²) in [5.74, 6) is -0.972. The van der Waals surface area contributed by atoms with Crippen molar-refractivity contribution in [1.29, 1.82) is 0 Å². The molecule has 82 valence electrons. The van der Waals surface area contributed by atoms with E-state index in [9.17, 15) is 4.79 Å². The van der Waals surface area contributed by atoms with E-state index in [1.807, 2.05) is 32.0 Å². The molecule has 0 aliphatic heterocycles. The van der Waals surface area contributed by atoms with E-state index in [2.05, 4.69) is 5.10 Å². The fourth-order valence-corrected chi connectivity index (χ4v) is 1.78. The molecule has 0 aliphatic rings. The van der Waals surface area contributed by atoms with E-state index < -0.39 is 5.97 Å². The molecule has 0 radical (unpaired) electrons. The molecule has 1 heterocycles. The Labute approximate surface area is 93.1 Å². The quantitative estimate of drug-likeness (QED) is 0.837. The normalized spacial score (nSPS) is 10.4. The van der Waals surface area contributed by atoms with Crippen LogP contribution in [0.15, 0.2) is 30.5 Å². The molecule has 2 aromatic rings. The maximum Gasteiger partial charge on any atom is 0.354 e. The zero-order valence-corrected chi connectivity index (χ0v) is 9.14. The monoisotopic (exact) mass is 216 g/mol. The van der Waals surface area contributed by atoms with Gasteiger partial charge in [-0.15, -0.1) is 0 Å². The number of para-hydroxylation sites is 1. The molecule has 2 rings (SSSR count). The molecule has 4 heteroatoms. The van der Waals surface area contributed by atoms with Crippen molar-refractivity contribution in [3.05, 3.63) is 47.3 Å². The standard InChI is InChI=1S/C12H12N2O2/c1-8-4-3-5-9(2)11(8)14-10(12(15)16)6-7-13-14/h3-7H,1-2H3,(H,15,16). The first-order valence-corrected chi connectivity index (χ1v) is 4.95. The minimum atomic E-state index is -0.972. The molecule has 1 aromatic heterocycles. The number of hydrogen-bond acceptors (Lipinski definition) is 2. The van der Waals surface area contributed by atoms with Crippen LogP contribution in [0, 0.1) is 13.8 Å². The number of carboxylic acids is 1. The maximum atomic E-state index is 11.0. The summed E-state index contributed by atoms with van der Waals surface area (Å²) in [7, 11) is 0. The van der Waals surface area contributed by atoms with Crippen LogP contribution >= 0.6 is 0 Å². The van der Waals surface area contributed by atoms with Gasteiger partial charge in [0.2, 0.25) is 0 Å². The maximum absolute atomic E-state index is 11.0. The van der Waals surface area contributed by atoms with Crippen molar-refractivity contribution in [2.24, 2.45) is 0 Å². The van der Waals surface area contributed by atoms with Gasteiger partial charge in [0.25, 0.3) is 0 Å². The second-order valence-electron chi connectivity index (χ2n) is 3.67. The molecule has 0 atom stereocenters. The molecule has 0 amide bonds. The average molecular weight is 216 g/mol. The largest absolute Gasteiger partial charge is 0.477 e. The molecule has 1 aromatic carbocycles. The Kier molecular flexibility index (Phi) is 2.48. The highest BCUT2D eigenvalue weighted by Crippen LogP contribution is 2.19. The van der Waals surface area contributed by atoms with Crippen molar-refractivity contribution in [2.75, 3.05) is 0 Å². The zero-order chi connectivity index (χ0) is 11.7. The van der Waals surface area contributed by atoms with Crippen molar-refractivity contribution in [3.8, 4) is 5.69 Å². The molecule has 16 heavy (non-hydrogen) atoms. The topological polar surface area (TPSA) is 55.1 Å². The van der Waals surface area contributed by atoms with Gasteiger partial charge < -0.3 is 5.11 Å². The number of hydrogen-bond donors (Lipinski definition) is 1. The number of aromatic carboxylic acids is 1. The summed E-state index contributed by atoms with van der Waals surface area (Å²) in [6, 6.07) is 7.32. The summed E-state index contributed by atoms with van der Waals surface area (Å²) in [5, 5.41) is 13.1. The predicted molar refractivity (Wildman–Crippen MR) is 60.0 cm³/mol. The van der Waals surface area contributed by atoms with Gasteiger partial charge in [-0.3, -0.25) is 0 Å². The van der Waals surface area contributed by atoms with E-state index >= 15 is 0 Å². The second kappa shape index (κ2) is 3.81. The minimum Gasteiger partial charge on any atom is -0.477 e. The Morgan fingerprint density at radius 1 is 1.25 bits per heavy atom. The fraction of sp³-hybridized carbons (Fsp3) is 0.167. The van der Waals surface area contributed by atoms with E-state index in [0.29, 0.717) is 0 Å². The average Bonchev–Trinajstić information content (AvgIpc) is 2.66. The Hall–Kier alpha value is -2.10. The molecular formula is C12H12N2O2. The molecule has 0 saturated carbocycles. The summed E-state index contributed by atoms with van der Waals surface area (Å²) in [6.07, 6.45) is 1.50. The van der Waals surface area contributed by atoms with Crippen molar-refractivity contribution in [2.45, 2.75) is 13.8 Å². The molecular weight excluding hydrogens is 204 g/mol. The number of nitrogens with zero attached hydrogens (tertiary/aromatic N) is 2. The third-order valence-electron chi connectivity index (χ3n) is 2.51. The lowest BCUT2D eigenvalue weighted by atomic mass is 10.1. The van der Waals surface area contributed by atoms with E-state index in [4.69, 9.17) is 5.11 Å². The van der Waals surface area contributed by atoms with E-state index in [0.717, 1.165) is 16.8 Å². The third-order valence-corrected chi connectivity index (χ3v) is 2.51. The number of carboxylic acid groups (broad SMARTS) is 1. The molecule has 0 aliphatic carbocycles. The molecule has 0 bridgehead atoms. The summed E-state index contributed by atoms with van der Waals surface area (Å²) >= 11 is 0. The van der Waals surface area contributed by atoms with Crippen LogP contribution in [0.3, 0.4) is 0 Å². The highest BCUT2D eigenvalue weighted by Gasteiger charge is 2.14. The van der Waals surface area contributed by atoms with Crippen LogP contribution < -0.4 is 0 Å². The van der Waals surface area contributed by atoms with Gasteiger partial charge in [-0.05, 0) is 31.0 Å². The zero-order valence-electron chi connectivity index (χ0n) is 9.14. The van der Waals surface area contributed by atoms with Crippen molar-refractivity contribution < 1.29 is 9.90 Å². The van der Waals surface area contributed by atoms with Crippen molar-refractivity contribution in [3.63, 3.8) is 0 Å². The second-order valence-corrected chi connectivity index (χ2v) is 3.67. The van der Waals surface area contributed by atoms with Crippen LogP contribution in [0.1, 0.15) is 21.6 Å². The summed E-state index contributed by atoms with van der Waals surface area (Å²) in [6.45, 7) is 3.88. The van der Waals surface area contributed by atoms with Crippen LogP contribution in [0.4, 0.5) is 0 Å². The molecule has 1 N–H and O–H groups in total. The van der Waals surface area contributed by atoms with Crippen LogP contribution in [-0.4, -0.2) is 20.9 Å². The number of aryl methyl sites for hydroxylation is 2. The highest BCUT2D eigenvalue weighted by molar-refractivity contribution is 5.86. The lowest BCUT2D eigenvalue weighted by Crippen LogP contribution is -2.10. The SMILES string of the molecule is Cc1cccc(C)c1-n1nccc1C(=O)O. The summed E-state index contributed by atoms with van der Waals surface area (Å²) in [5.41, 5.74) is 3.03. The number of benzene rings is 1. The van der Waals surface area contributed by atoms with Crippen LogP contribution in [0.5, 0.6) is 0 Å². The van der Waals surface area contributed by atoms with E-state index in [1.54, 1.807) is 0 Å². The van der Waals surface area contributed by atoms with Gasteiger partial charge in [0.1, 0.15) is 0 Å². The Bertz CT molecular complexity index is 523. The van der Waals surface area contributed by atoms with Gasteiger partial charge in [-0.25, -0.2) is 9.48 Å². The van der Waals surface area contributed by atoms with Gasteiger partial charge in [0.15, 0.2) is 5.69 Å². The lowest BCUT2D eigenvalue weighted by molar-refractivity contribution is 0.0687. The molecule has 0 saturated heterocycles.